The summed E-state index contributed by atoms with van der Waals surface area (Å²) in [6, 6.07) is 7.59. The highest BCUT2D eigenvalue weighted by atomic mass is 16.2. The highest BCUT2D eigenvalue weighted by molar-refractivity contribution is 5.88. The van der Waals surface area contributed by atoms with Crippen LogP contribution in [0.5, 0.6) is 0 Å². The zero-order chi connectivity index (χ0) is 14.1. The summed E-state index contributed by atoms with van der Waals surface area (Å²) in [5.74, 6) is -0.0415. The highest BCUT2D eigenvalue weighted by Gasteiger charge is 2.00. The highest BCUT2D eigenvalue weighted by Crippen LogP contribution is 2.09. The van der Waals surface area contributed by atoms with Gasteiger partial charge in [0, 0.05) is 25.6 Å². The fraction of sp³-hybridized carbons (Fsp3) is 0.429. The summed E-state index contributed by atoms with van der Waals surface area (Å²) in [7, 11) is 0. The monoisotopic (exact) mass is 263 g/mol. The van der Waals surface area contributed by atoms with Crippen molar-refractivity contribution in [2.24, 2.45) is 5.73 Å². The molecule has 0 fully saturated rings. The molecule has 4 N–H and O–H groups in total. The Balaban J connectivity index is 2.30. The van der Waals surface area contributed by atoms with E-state index in [1.807, 2.05) is 24.3 Å². The van der Waals surface area contributed by atoms with E-state index in [0.717, 1.165) is 24.1 Å². The summed E-state index contributed by atoms with van der Waals surface area (Å²) < 4.78 is 0. The average Bonchev–Trinajstić information content (AvgIpc) is 2.38. The van der Waals surface area contributed by atoms with Gasteiger partial charge in [-0.2, -0.15) is 0 Å². The average molecular weight is 263 g/mol. The molecule has 0 bridgehead atoms. The van der Waals surface area contributed by atoms with Crippen molar-refractivity contribution in [1.82, 2.24) is 5.32 Å². The second-order valence-electron chi connectivity index (χ2n) is 4.37. The molecule has 0 heterocycles. The summed E-state index contributed by atoms with van der Waals surface area (Å²) in [6.07, 6.45) is 1.98. The van der Waals surface area contributed by atoms with Gasteiger partial charge in [-0.1, -0.05) is 12.1 Å². The van der Waals surface area contributed by atoms with Crippen LogP contribution in [0, 0.1) is 0 Å². The van der Waals surface area contributed by atoms with Crippen molar-refractivity contribution in [3.05, 3.63) is 29.8 Å². The molecule has 1 aromatic carbocycles. The first-order chi connectivity index (χ1) is 9.11. The lowest BCUT2D eigenvalue weighted by molar-refractivity contribution is -0.121. The number of nitrogens with one attached hydrogen (secondary N) is 2. The van der Waals surface area contributed by atoms with Gasteiger partial charge in [-0.25, -0.2) is 0 Å². The summed E-state index contributed by atoms with van der Waals surface area (Å²) in [4.78, 5) is 22.2. The summed E-state index contributed by atoms with van der Waals surface area (Å²) in [6.45, 7) is 2.63. The zero-order valence-electron chi connectivity index (χ0n) is 11.2. The van der Waals surface area contributed by atoms with E-state index in [-0.39, 0.29) is 11.8 Å². The van der Waals surface area contributed by atoms with Crippen LogP contribution in [0.15, 0.2) is 24.3 Å². The SMILES string of the molecule is CC(=O)Nc1ccc(CCNC(=O)CCCN)cc1. The summed E-state index contributed by atoms with van der Waals surface area (Å²) >= 11 is 0. The van der Waals surface area contributed by atoms with Gasteiger partial charge in [-0.3, -0.25) is 9.59 Å². The summed E-state index contributed by atoms with van der Waals surface area (Å²) in [5.41, 5.74) is 7.23. The maximum Gasteiger partial charge on any atom is 0.221 e. The molecule has 0 saturated heterocycles. The number of amides is 2. The van der Waals surface area contributed by atoms with Gasteiger partial charge < -0.3 is 16.4 Å². The Bertz CT molecular complexity index is 415. The first kappa shape index (κ1) is 15.2. The van der Waals surface area contributed by atoms with Crippen molar-refractivity contribution in [3.63, 3.8) is 0 Å². The standard InChI is InChI=1S/C14H21N3O2/c1-11(18)17-13-6-4-12(5-7-13)8-10-16-14(19)3-2-9-15/h4-7H,2-3,8-10,15H2,1H3,(H,16,19)(H,17,18). The molecule has 104 valence electrons. The number of benzene rings is 1. The van der Waals surface area contributed by atoms with Crippen molar-refractivity contribution >= 4 is 17.5 Å². The van der Waals surface area contributed by atoms with E-state index >= 15 is 0 Å². The first-order valence-corrected chi connectivity index (χ1v) is 6.45. The number of anilines is 1. The number of carbonyl (C=O) groups is 2. The Labute approximate surface area is 113 Å². The molecule has 0 aliphatic rings. The number of carbonyl (C=O) groups excluding carboxylic acids is 2. The van der Waals surface area contributed by atoms with Crippen LogP contribution in [0.25, 0.3) is 0 Å². The van der Waals surface area contributed by atoms with Crippen molar-refractivity contribution < 1.29 is 9.59 Å². The predicted octanol–water partition coefficient (Wildman–Crippen LogP) is 1.04. The largest absolute Gasteiger partial charge is 0.356 e. The Morgan fingerprint density at radius 2 is 1.89 bits per heavy atom. The number of nitrogens with two attached hydrogens (primary N) is 1. The van der Waals surface area contributed by atoms with Crippen LogP contribution in [0.1, 0.15) is 25.3 Å². The van der Waals surface area contributed by atoms with Crippen LogP contribution in [0.4, 0.5) is 5.69 Å². The Hall–Kier alpha value is -1.88. The molecule has 0 saturated carbocycles. The minimum atomic E-state index is -0.0834. The minimum Gasteiger partial charge on any atom is -0.356 e. The predicted molar refractivity (Wildman–Crippen MR) is 75.7 cm³/mol. The quantitative estimate of drug-likeness (QED) is 0.687. The van der Waals surface area contributed by atoms with E-state index in [1.54, 1.807) is 0 Å². The molecule has 5 heteroatoms. The molecule has 0 radical (unpaired) electrons. The smallest absolute Gasteiger partial charge is 0.221 e. The number of hydrogen-bond acceptors (Lipinski definition) is 3. The molecular weight excluding hydrogens is 242 g/mol. The van der Waals surface area contributed by atoms with Crippen LogP contribution in [-0.4, -0.2) is 24.9 Å². The third-order valence-corrected chi connectivity index (χ3v) is 2.62. The molecule has 1 rings (SSSR count). The van der Waals surface area contributed by atoms with Crippen LogP contribution < -0.4 is 16.4 Å². The lowest BCUT2D eigenvalue weighted by atomic mass is 10.1. The van der Waals surface area contributed by atoms with Crippen LogP contribution in [0.2, 0.25) is 0 Å². The Kier molecular flexibility index (Phi) is 6.60. The summed E-state index contributed by atoms with van der Waals surface area (Å²) in [5, 5.41) is 5.56. The molecule has 0 aliphatic carbocycles. The lowest BCUT2D eigenvalue weighted by Crippen LogP contribution is -2.25. The van der Waals surface area contributed by atoms with Crippen LogP contribution >= 0.6 is 0 Å². The molecule has 0 spiro atoms. The van der Waals surface area contributed by atoms with E-state index in [0.29, 0.717) is 19.5 Å². The maximum absolute atomic E-state index is 11.4. The van der Waals surface area contributed by atoms with Crippen molar-refractivity contribution in [1.29, 1.82) is 0 Å². The van der Waals surface area contributed by atoms with Crippen LogP contribution in [0.3, 0.4) is 0 Å². The first-order valence-electron chi connectivity index (χ1n) is 6.45. The van der Waals surface area contributed by atoms with E-state index in [4.69, 9.17) is 5.73 Å². The van der Waals surface area contributed by atoms with Gasteiger partial charge in [0.15, 0.2) is 0 Å². The number of rotatable bonds is 7. The molecule has 0 aliphatic heterocycles. The van der Waals surface area contributed by atoms with Crippen LogP contribution in [-0.2, 0) is 16.0 Å². The Morgan fingerprint density at radius 3 is 2.47 bits per heavy atom. The molecule has 0 atom stereocenters. The second-order valence-corrected chi connectivity index (χ2v) is 4.37. The van der Waals surface area contributed by atoms with E-state index in [9.17, 15) is 9.59 Å². The van der Waals surface area contributed by atoms with Gasteiger partial charge in [-0.05, 0) is 37.1 Å². The minimum absolute atomic E-state index is 0.0420. The van der Waals surface area contributed by atoms with E-state index in [1.165, 1.54) is 6.92 Å². The molecule has 0 aromatic heterocycles. The third kappa shape index (κ3) is 6.57. The van der Waals surface area contributed by atoms with E-state index in [2.05, 4.69) is 10.6 Å². The zero-order valence-corrected chi connectivity index (χ0v) is 11.2. The molecule has 5 nitrogen and oxygen atoms in total. The van der Waals surface area contributed by atoms with Crippen molar-refractivity contribution in [2.75, 3.05) is 18.4 Å². The molecule has 0 unspecified atom stereocenters. The molecular formula is C14H21N3O2. The van der Waals surface area contributed by atoms with Gasteiger partial charge in [0.2, 0.25) is 11.8 Å². The molecule has 2 amide bonds. The van der Waals surface area contributed by atoms with Crippen molar-refractivity contribution in [3.8, 4) is 0 Å². The van der Waals surface area contributed by atoms with Gasteiger partial charge >= 0.3 is 0 Å². The number of hydrogen-bond donors (Lipinski definition) is 3. The topological polar surface area (TPSA) is 84.2 Å². The fourth-order valence-corrected chi connectivity index (χ4v) is 1.66. The second kappa shape index (κ2) is 8.26. The third-order valence-electron chi connectivity index (χ3n) is 2.62. The van der Waals surface area contributed by atoms with Gasteiger partial charge in [0.05, 0.1) is 0 Å². The maximum atomic E-state index is 11.4. The van der Waals surface area contributed by atoms with Crippen molar-refractivity contribution in [2.45, 2.75) is 26.2 Å². The lowest BCUT2D eigenvalue weighted by Gasteiger charge is -2.06. The van der Waals surface area contributed by atoms with Gasteiger partial charge in [0.1, 0.15) is 0 Å². The Morgan fingerprint density at radius 1 is 1.21 bits per heavy atom. The van der Waals surface area contributed by atoms with Gasteiger partial charge in [0.25, 0.3) is 0 Å². The van der Waals surface area contributed by atoms with Gasteiger partial charge in [-0.15, -0.1) is 0 Å². The normalized spacial score (nSPS) is 10.0. The molecule has 1 aromatic rings. The molecule has 19 heavy (non-hydrogen) atoms. The van der Waals surface area contributed by atoms with E-state index < -0.39 is 0 Å². The fourth-order valence-electron chi connectivity index (χ4n) is 1.66.